The Bertz CT molecular complexity index is 762. The Morgan fingerprint density at radius 1 is 0.360 bits per heavy atom. The maximum absolute atomic E-state index is 10.8. The zero-order chi connectivity index (χ0) is 38.1. The van der Waals surface area contributed by atoms with Crippen LogP contribution in [0.4, 0.5) is 0 Å². The van der Waals surface area contributed by atoms with E-state index < -0.39 is 0 Å². The van der Waals surface area contributed by atoms with Crippen LogP contribution in [0.5, 0.6) is 0 Å². The van der Waals surface area contributed by atoms with Crippen molar-refractivity contribution in [2.45, 2.75) is 82.9 Å². The van der Waals surface area contributed by atoms with Crippen molar-refractivity contribution in [3.05, 3.63) is 0 Å². The van der Waals surface area contributed by atoms with Gasteiger partial charge in [-0.2, -0.15) is 35.3 Å². The molecule has 50 heavy (non-hydrogen) atoms. The van der Waals surface area contributed by atoms with Crippen LogP contribution in [-0.4, -0.2) is 143 Å². The summed E-state index contributed by atoms with van der Waals surface area (Å²) in [6.45, 7) is 3.61. The number of carbonyl (C=O) groups excluding carboxylic acids is 6. The molecule has 0 bridgehead atoms. The lowest BCUT2D eigenvalue weighted by atomic mass is 10.1. The summed E-state index contributed by atoms with van der Waals surface area (Å²) >= 11 is 9.85. The van der Waals surface area contributed by atoms with E-state index in [0.29, 0.717) is 58.5 Å². The lowest BCUT2D eigenvalue weighted by molar-refractivity contribution is -0.109. The molecule has 6 unspecified atom stereocenters. The summed E-state index contributed by atoms with van der Waals surface area (Å²) < 4.78 is 0. The quantitative estimate of drug-likeness (QED) is 0.0497. The molecule has 0 aromatic carbocycles. The standard InChI is InChI=1S/2C11H22N2O2S2.C10H20N2O2S2/c12-3-7-16-10(1-5-14)9-11(2-6-15)17-8-4-13;12-4-7-16-10(3-6-14)1-2-11(9-15)17-8-5-13;11-3-5-15-9(7-13)1-2-10(8-14)16-6-4-12/h5-6,10-11H,1-4,7-9,12-13H2;6,9-11H,1-5,7-8,12-13H2;7-10H,1-6,11-12H2. The fourth-order valence-electron chi connectivity index (χ4n) is 3.96. The molecule has 0 heterocycles. The topological polar surface area (TPSA) is 259 Å². The molecule has 0 radical (unpaired) electrons. The maximum Gasteiger partial charge on any atom is 0.132 e. The van der Waals surface area contributed by atoms with Crippen molar-refractivity contribution in [1.82, 2.24) is 0 Å². The van der Waals surface area contributed by atoms with E-state index in [-0.39, 0.29) is 31.5 Å². The fraction of sp³-hybridized carbons (Fsp3) is 0.812. The van der Waals surface area contributed by atoms with E-state index in [1.807, 2.05) is 0 Å². The Morgan fingerprint density at radius 2 is 0.620 bits per heavy atom. The summed E-state index contributed by atoms with van der Waals surface area (Å²) in [4.78, 5) is 64.0. The summed E-state index contributed by atoms with van der Waals surface area (Å²) in [6, 6.07) is 0. The van der Waals surface area contributed by atoms with Crippen LogP contribution in [0.2, 0.25) is 0 Å². The molecule has 0 amide bonds. The van der Waals surface area contributed by atoms with Crippen LogP contribution in [0, 0.1) is 0 Å². The molecule has 0 rings (SSSR count). The van der Waals surface area contributed by atoms with Crippen LogP contribution in [-0.2, 0) is 28.8 Å². The Labute approximate surface area is 326 Å². The Kier molecular flexibility index (Phi) is 48.8. The summed E-state index contributed by atoms with van der Waals surface area (Å²) in [5, 5.41) is 0.759. The molecule has 0 aliphatic heterocycles. The summed E-state index contributed by atoms with van der Waals surface area (Å²) in [6.07, 6.45) is 11.3. The van der Waals surface area contributed by atoms with Gasteiger partial charge in [-0.1, -0.05) is 0 Å². The predicted molar refractivity (Wildman–Crippen MR) is 225 cm³/mol. The molecule has 294 valence electrons. The first-order valence-corrected chi connectivity index (χ1v) is 23.2. The molecule has 0 fully saturated rings. The zero-order valence-corrected chi connectivity index (χ0v) is 34.3. The average molecular weight is 821 g/mol. The van der Waals surface area contributed by atoms with Crippen molar-refractivity contribution in [3.8, 4) is 0 Å². The number of carbonyl (C=O) groups is 6. The minimum Gasteiger partial charge on any atom is -0.330 e. The Balaban J connectivity index is -0.000000663. The van der Waals surface area contributed by atoms with Gasteiger partial charge in [0.2, 0.25) is 0 Å². The highest BCUT2D eigenvalue weighted by Gasteiger charge is 2.17. The molecule has 0 aromatic rings. The van der Waals surface area contributed by atoms with Gasteiger partial charge in [-0.3, -0.25) is 0 Å². The van der Waals surface area contributed by atoms with Gasteiger partial charge in [0.25, 0.3) is 0 Å². The number of rotatable bonds is 35. The van der Waals surface area contributed by atoms with Crippen LogP contribution >= 0.6 is 70.6 Å². The molecule has 0 spiro atoms. The molecule has 18 heteroatoms. The molecular formula is C32H64N6O6S6. The van der Waals surface area contributed by atoms with Crippen molar-refractivity contribution in [2.24, 2.45) is 34.4 Å². The van der Waals surface area contributed by atoms with Gasteiger partial charge >= 0.3 is 0 Å². The second-order valence-electron chi connectivity index (χ2n) is 10.4. The largest absolute Gasteiger partial charge is 0.330 e. The molecular weight excluding hydrogens is 757 g/mol. The first kappa shape index (κ1) is 54.2. The monoisotopic (exact) mass is 820 g/mol. The van der Waals surface area contributed by atoms with Gasteiger partial charge in [-0.25, -0.2) is 0 Å². The summed E-state index contributed by atoms with van der Waals surface area (Å²) in [5.74, 6) is 4.94. The van der Waals surface area contributed by atoms with Crippen molar-refractivity contribution >= 4 is 108 Å². The molecule has 0 aliphatic carbocycles. The van der Waals surface area contributed by atoms with E-state index in [1.165, 1.54) is 0 Å². The van der Waals surface area contributed by atoms with E-state index in [9.17, 15) is 28.8 Å². The smallest absolute Gasteiger partial charge is 0.132 e. The van der Waals surface area contributed by atoms with E-state index in [2.05, 4.69) is 0 Å². The maximum atomic E-state index is 10.8. The number of aldehydes is 6. The van der Waals surface area contributed by atoms with Gasteiger partial charge in [0.1, 0.15) is 37.7 Å². The third-order valence-corrected chi connectivity index (χ3v) is 14.1. The molecule has 0 saturated carbocycles. The normalized spacial score (nSPS) is 14.3. The van der Waals surface area contributed by atoms with Crippen molar-refractivity contribution in [1.29, 1.82) is 0 Å². The van der Waals surface area contributed by atoms with Crippen molar-refractivity contribution in [3.63, 3.8) is 0 Å². The van der Waals surface area contributed by atoms with Crippen LogP contribution < -0.4 is 34.4 Å². The molecule has 6 atom stereocenters. The molecule has 0 saturated heterocycles. The number of nitrogens with two attached hydrogens (primary N) is 6. The van der Waals surface area contributed by atoms with Gasteiger partial charge < -0.3 is 63.2 Å². The molecule has 0 aromatic heterocycles. The highest BCUT2D eigenvalue weighted by Crippen LogP contribution is 2.26. The van der Waals surface area contributed by atoms with Gasteiger partial charge in [-0.05, 0) is 32.1 Å². The summed E-state index contributed by atoms with van der Waals surface area (Å²) in [5.41, 5.74) is 32.5. The van der Waals surface area contributed by atoms with Crippen LogP contribution in [0.1, 0.15) is 51.4 Å². The van der Waals surface area contributed by atoms with Crippen LogP contribution in [0.15, 0.2) is 0 Å². The van der Waals surface area contributed by atoms with E-state index in [1.54, 1.807) is 70.6 Å². The lowest BCUT2D eigenvalue weighted by Gasteiger charge is -2.20. The predicted octanol–water partition coefficient (Wildman–Crippen LogP) is 1.64. The van der Waals surface area contributed by atoms with Crippen molar-refractivity contribution in [2.75, 3.05) is 73.8 Å². The molecule has 12 N–H and O–H groups in total. The minimum atomic E-state index is -0.0375. The zero-order valence-electron chi connectivity index (χ0n) is 29.4. The SMILES string of the molecule is NCCSC(C=O)CCC(C=O)SCCN.NCCSC(C=O)CCC(CC=O)SCCN.NCCSC(CC=O)CC(CC=O)SCCN. The number of thioether (sulfide) groups is 6. The average Bonchev–Trinajstić information content (AvgIpc) is 3.13. The number of hydrogen-bond donors (Lipinski definition) is 6. The van der Waals surface area contributed by atoms with Gasteiger partial charge in [-0.15, -0.1) is 35.3 Å². The Morgan fingerprint density at radius 3 is 0.900 bits per heavy atom. The lowest BCUT2D eigenvalue weighted by Crippen LogP contribution is -2.18. The highest BCUT2D eigenvalue weighted by atomic mass is 32.2. The fourth-order valence-corrected chi connectivity index (χ4v) is 9.64. The van der Waals surface area contributed by atoms with Gasteiger partial charge in [0.15, 0.2) is 0 Å². The first-order chi connectivity index (χ1) is 24.3. The molecule has 0 aliphatic rings. The molecule has 12 nitrogen and oxygen atoms in total. The van der Waals surface area contributed by atoms with E-state index >= 15 is 0 Å². The van der Waals surface area contributed by atoms with E-state index in [4.69, 9.17) is 34.4 Å². The Hall–Kier alpha value is -0.120. The minimum absolute atomic E-state index is 0.00572. The first-order valence-electron chi connectivity index (χ1n) is 16.9. The highest BCUT2D eigenvalue weighted by molar-refractivity contribution is 8.01. The van der Waals surface area contributed by atoms with Crippen LogP contribution in [0.3, 0.4) is 0 Å². The third-order valence-electron chi connectivity index (χ3n) is 6.33. The van der Waals surface area contributed by atoms with Crippen LogP contribution in [0.25, 0.3) is 0 Å². The van der Waals surface area contributed by atoms with E-state index in [0.717, 1.165) is 104 Å². The van der Waals surface area contributed by atoms with Gasteiger partial charge in [0.05, 0.1) is 15.7 Å². The van der Waals surface area contributed by atoms with Crippen molar-refractivity contribution < 1.29 is 28.8 Å². The number of hydrogen-bond acceptors (Lipinski definition) is 18. The third kappa shape index (κ3) is 37.6. The second-order valence-corrected chi connectivity index (χ2v) is 18.7. The van der Waals surface area contributed by atoms with Gasteiger partial charge in [0, 0.05) is 109 Å². The second kappa shape index (κ2) is 45.0. The summed E-state index contributed by atoms with van der Waals surface area (Å²) in [7, 11) is 0.